The average molecular weight is 427 g/mol. The van der Waals surface area contributed by atoms with Crippen LogP contribution in [0, 0.1) is 0 Å². The van der Waals surface area contributed by atoms with Crippen molar-refractivity contribution in [2.75, 3.05) is 32.6 Å². The molecule has 8 heteroatoms. The first kappa shape index (κ1) is 19.6. The van der Waals surface area contributed by atoms with E-state index in [2.05, 4.69) is 10.1 Å². The Kier molecular flexibility index (Phi) is 5.64. The minimum atomic E-state index is 0.0362. The normalized spacial score (nSPS) is 11.1. The highest BCUT2D eigenvalue weighted by atomic mass is 32.1. The molecule has 3 aromatic heterocycles. The summed E-state index contributed by atoms with van der Waals surface area (Å²) in [6.07, 6.45) is 1.55. The van der Waals surface area contributed by atoms with Crippen LogP contribution in [0.3, 0.4) is 0 Å². The van der Waals surface area contributed by atoms with Crippen molar-refractivity contribution in [3.8, 4) is 11.3 Å². The van der Waals surface area contributed by atoms with Crippen molar-refractivity contribution in [1.29, 1.82) is 0 Å². The number of anilines is 1. The molecule has 0 atom stereocenters. The fourth-order valence-corrected chi connectivity index (χ4v) is 5.10. The number of aryl methyl sites for hydroxylation is 1. The van der Waals surface area contributed by atoms with Crippen LogP contribution in [0.1, 0.15) is 21.9 Å². The summed E-state index contributed by atoms with van der Waals surface area (Å²) in [6.45, 7) is 0.655. The second kappa shape index (κ2) is 8.34. The number of amides is 1. The van der Waals surface area contributed by atoms with Gasteiger partial charge in [0.25, 0.3) is 5.91 Å². The number of aromatic nitrogens is 2. The van der Waals surface area contributed by atoms with Crippen LogP contribution in [0.5, 0.6) is 0 Å². The fraction of sp³-hybridized carbons (Fsp3) is 0.286. The number of fused-ring (bicyclic) bond motifs is 1. The number of thiophene rings is 1. The van der Waals surface area contributed by atoms with E-state index in [0.717, 1.165) is 49.4 Å². The van der Waals surface area contributed by atoms with Crippen molar-refractivity contribution < 1.29 is 9.32 Å². The van der Waals surface area contributed by atoms with Crippen LogP contribution in [0.2, 0.25) is 0 Å². The predicted octanol–water partition coefficient (Wildman–Crippen LogP) is 4.78. The van der Waals surface area contributed by atoms with E-state index in [4.69, 9.17) is 4.52 Å². The number of hydrogen-bond donors (Lipinski definition) is 0. The maximum atomic E-state index is 12.7. The topological polar surface area (TPSA) is 62.5 Å². The van der Waals surface area contributed by atoms with E-state index in [-0.39, 0.29) is 5.91 Å². The molecule has 0 spiro atoms. The van der Waals surface area contributed by atoms with Crippen molar-refractivity contribution >= 4 is 43.2 Å². The zero-order chi connectivity index (χ0) is 20.4. The smallest absolute Gasteiger partial charge is 0.263 e. The molecule has 1 amide bonds. The standard InChI is InChI=1S/C21H22N4O2S2/c1-24(2)21-22-19-17(29-21)13-18(28-19)20(26)25(3)11-7-10-15-12-16(23-27-15)14-8-5-4-6-9-14/h4-6,8-9,12-13H,7,10-11H2,1-3H3. The fourth-order valence-electron chi connectivity index (χ4n) is 2.98. The number of thiazole rings is 1. The van der Waals surface area contributed by atoms with Gasteiger partial charge in [-0.15, -0.1) is 11.3 Å². The van der Waals surface area contributed by atoms with E-state index in [9.17, 15) is 4.79 Å². The molecule has 150 valence electrons. The van der Waals surface area contributed by atoms with Gasteiger partial charge >= 0.3 is 0 Å². The molecular formula is C21H22N4O2S2. The molecule has 0 aliphatic carbocycles. The van der Waals surface area contributed by atoms with Gasteiger partial charge in [-0.05, 0) is 12.5 Å². The Morgan fingerprint density at radius 1 is 1.10 bits per heavy atom. The van der Waals surface area contributed by atoms with E-state index in [1.807, 2.05) is 68.5 Å². The lowest BCUT2D eigenvalue weighted by Crippen LogP contribution is -2.27. The van der Waals surface area contributed by atoms with Crippen LogP contribution in [-0.4, -0.2) is 48.6 Å². The largest absolute Gasteiger partial charge is 0.361 e. The van der Waals surface area contributed by atoms with Gasteiger partial charge in [-0.3, -0.25) is 4.79 Å². The van der Waals surface area contributed by atoms with E-state index in [1.165, 1.54) is 11.3 Å². The van der Waals surface area contributed by atoms with Crippen molar-refractivity contribution in [3.05, 3.63) is 53.1 Å². The number of carbonyl (C=O) groups is 1. The van der Waals surface area contributed by atoms with Gasteiger partial charge in [0.2, 0.25) is 0 Å². The quantitative estimate of drug-likeness (QED) is 0.425. The molecule has 0 bridgehead atoms. The Morgan fingerprint density at radius 2 is 1.90 bits per heavy atom. The molecule has 0 aliphatic heterocycles. The van der Waals surface area contributed by atoms with Crippen molar-refractivity contribution in [3.63, 3.8) is 0 Å². The van der Waals surface area contributed by atoms with Crippen molar-refractivity contribution in [2.45, 2.75) is 12.8 Å². The summed E-state index contributed by atoms with van der Waals surface area (Å²) < 4.78 is 6.50. The number of benzene rings is 1. The first-order chi connectivity index (χ1) is 14.0. The van der Waals surface area contributed by atoms with E-state index >= 15 is 0 Å². The number of hydrogen-bond acceptors (Lipinski definition) is 7. The summed E-state index contributed by atoms with van der Waals surface area (Å²) in [6, 6.07) is 13.9. The highest BCUT2D eigenvalue weighted by Crippen LogP contribution is 2.34. The summed E-state index contributed by atoms with van der Waals surface area (Å²) in [5, 5.41) is 5.10. The summed E-state index contributed by atoms with van der Waals surface area (Å²) in [5.41, 5.74) is 1.88. The summed E-state index contributed by atoms with van der Waals surface area (Å²) in [5.74, 6) is 0.871. The highest BCUT2D eigenvalue weighted by Gasteiger charge is 2.18. The molecule has 4 rings (SSSR count). The number of nitrogens with zero attached hydrogens (tertiary/aromatic N) is 4. The molecule has 0 saturated heterocycles. The Labute approximate surface area is 177 Å². The van der Waals surface area contributed by atoms with Gasteiger partial charge < -0.3 is 14.3 Å². The van der Waals surface area contributed by atoms with Crippen LogP contribution in [0.15, 0.2) is 47.0 Å². The molecule has 0 N–H and O–H groups in total. The second-order valence-corrected chi connectivity index (χ2v) is 9.09. The minimum absolute atomic E-state index is 0.0362. The molecular weight excluding hydrogens is 404 g/mol. The van der Waals surface area contributed by atoms with Gasteiger partial charge in [0.15, 0.2) is 5.13 Å². The molecule has 6 nitrogen and oxygen atoms in total. The Balaban J connectivity index is 1.32. The van der Waals surface area contributed by atoms with E-state index in [0.29, 0.717) is 6.54 Å². The molecule has 29 heavy (non-hydrogen) atoms. The van der Waals surface area contributed by atoms with E-state index in [1.54, 1.807) is 16.2 Å². The summed E-state index contributed by atoms with van der Waals surface area (Å²) in [4.78, 5) is 22.7. The molecule has 0 aliphatic rings. The van der Waals surface area contributed by atoms with Crippen LogP contribution in [-0.2, 0) is 6.42 Å². The summed E-state index contributed by atoms with van der Waals surface area (Å²) >= 11 is 3.06. The Morgan fingerprint density at radius 3 is 2.62 bits per heavy atom. The molecule has 0 fully saturated rings. The highest BCUT2D eigenvalue weighted by molar-refractivity contribution is 7.29. The molecule has 0 radical (unpaired) electrons. The first-order valence-electron chi connectivity index (χ1n) is 9.35. The third kappa shape index (κ3) is 4.33. The molecule has 0 unspecified atom stereocenters. The lowest BCUT2D eigenvalue weighted by atomic mass is 10.1. The molecule has 0 saturated carbocycles. The second-order valence-electron chi connectivity index (χ2n) is 7.05. The van der Waals surface area contributed by atoms with Crippen LogP contribution >= 0.6 is 22.7 Å². The Bertz CT molecular complexity index is 1080. The zero-order valence-corrected chi connectivity index (χ0v) is 18.2. The van der Waals surface area contributed by atoms with Crippen LogP contribution in [0.25, 0.3) is 20.8 Å². The van der Waals surface area contributed by atoms with Crippen LogP contribution in [0.4, 0.5) is 5.13 Å². The third-order valence-corrected chi connectivity index (χ3v) is 6.88. The first-order valence-corrected chi connectivity index (χ1v) is 11.0. The monoisotopic (exact) mass is 426 g/mol. The maximum Gasteiger partial charge on any atom is 0.263 e. The van der Waals surface area contributed by atoms with Gasteiger partial charge in [0, 0.05) is 45.7 Å². The van der Waals surface area contributed by atoms with Gasteiger partial charge in [-0.1, -0.05) is 46.8 Å². The molecule has 1 aromatic carbocycles. The van der Waals surface area contributed by atoms with Crippen molar-refractivity contribution in [1.82, 2.24) is 15.0 Å². The van der Waals surface area contributed by atoms with Gasteiger partial charge in [-0.2, -0.15) is 0 Å². The maximum absolute atomic E-state index is 12.7. The number of rotatable bonds is 7. The SMILES string of the molecule is CN(CCCc1cc(-c2ccccc2)no1)C(=O)c1cc2sc(N(C)C)nc2s1. The van der Waals surface area contributed by atoms with Gasteiger partial charge in [0.1, 0.15) is 16.3 Å². The molecule has 3 heterocycles. The van der Waals surface area contributed by atoms with Gasteiger partial charge in [0.05, 0.1) is 9.58 Å². The van der Waals surface area contributed by atoms with Gasteiger partial charge in [-0.25, -0.2) is 4.98 Å². The minimum Gasteiger partial charge on any atom is -0.361 e. The average Bonchev–Trinajstić information content (AvgIpc) is 3.42. The number of carbonyl (C=O) groups excluding carboxylic acids is 1. The predicted molar refractivity (Wildman–Crippen MR) is 119 cm³/mol. The third-order valence-electron chi connectivity index (χ3n) is 4.56. The molecule has 4 aromatic rings. The zero-order valence-electron chi connectivity index (χ0n) is 16.6. The lowest BCUT2D eigenvalue weighted by Gasteiger charge is -2.15. The lowest BCUT2D eigenvalue weighted by molar-refractivity contribution is 0.0797. The Hall–Kier alpha value is -2.71. The van der Waals surface area contributed by atoms with Crippen LogP contribution < -0.4 is 4.90 Å². The van der Waals surface area contributed by atoms with Crippen molar-refractivity contribution in [2.24, 2.45) is 0 Å². The summed E-state index contributed by atoms with van der Waals surface area (Å²) in [7, 11) is 5.78. The van der Waals surface area contributed by atoms with E-state index < -0.39 is 0 Å².